The summed E-state index contributed by atoms with van der Waals surface area (Å²) in [5.74, 6) is -1.91. The van der Waals surface area contributed by atoms with Crippen LogP contribution in [-0.2, 0) is 6.42 Å². The number of carbonyl (C=O) groups is 1. The van der Waals surface area contributed by atoms with E-state index in [1.54, 1.807) is 0 Å². The fraction of sp³-hybridized carbons (Fsp3) is 0.375. The standard InChI is InChI=1S/C16H17BrFN3O3/c1-2-8-5-10(16(23)24)15(22)21-7-11(18)14(12(17)13(8)21)20-4-3-9(19)6-20/h5,7,9H,2-4,6,19H2,1H3,(H,23,24). The summed E-state index contributed by atoms with van der Waals surface area (Å²) in [5, 5.41) is 9.20. The molecule has 2 aromatic rings. The van der Waals surface area contributed by atoms with Crippen LogP contribution in [0.3, 0.4) is 0 Å². The maximum atomic E-state index is 14.7. The van der Waals surface area contributed by atoms with Crippen molar-refractivity contribution < 1.29 is 14.3 Å². The highest BCUT2D eigenvalue weighted by Gasteiger charge is 2.27. The summed E-state index contributed by atoms with van der Waals surface area (Å²) in [5.41, 5.74) is 6.30. The van der Waals surface area contributed by atoms with Crippen molar-refractivity contribution in [3.05, 3.63) is 44.0 Å². The summed E-state index contributed by atoms with van der Waals surface area (Å²) >= 11 is 3.42. The minimum absolute atomic E-state index is 0.0187. The second-order valence-corrected chi connectivity index (χ2v) is 6.69. The summed E-state index contributed by atoms with van der Waals surface area (Å²) in [6, 6.07) is 1.34. The van der Waals surface area contributed by atoms with Crippen LogP contribution >= 0.6 is 15.9 Å². The Morgan fingerprint density at radius 1 is 1.54 bits per heavy atom. The number of aryl methyl sites for hydroxylation is 1. The number of halogens is 2. The number of aromatic nitrogens is 1. The molecule has 3 heterocycles. The third kappa shape index (κ3) is 2.59. The quantitative estimate of drug-likeness (QED) is 0.826. The number of carboxylic acid groups (broad SMARTS) is 1. The Balaban J connectivity index is 2.34. The molecule has 0 bridgehead atoms. The number of fused-ring (bicyclic) bond motifs is 1. The first-order valence-electron chi connectivity index (χ1n) is 7.65. The Labute approximate surface area is 145 Å². The molecule has 3 rings (SSSR count). The molecule has 2 aromatic heterocycles. The first kappa shape index (κ1) is 16.9. The van der Waals surface area contributed by atoms with Gasteiger partial charge in [0, 0.05) is 19.1 Å². The van der Waals surface area contributed by atoms with Crippen molar-refractivity contribution in [1.82, 2.24) is 4.40 Å². The molecule has 0 radical (unpaired) electrons. The van der Waals surface area contributed by atoms with Gasteiger partial charge in [0.1, 0.15) is 5.56 Å². The largest absolute Gasteiger partial charge is 0.477 e. The van der Waals surface area contributed by atoms with Crippen LogP contribution in [0.2, 0.25) is 0 Å². The van der Waals surface area contributed by atoms with Gasteiger partial charge in [0.25, 0.3) is 5.56 Å². The van der Waals surface area contributed by atoms with E-state index in [-0.39, 0.29) is 11.6 Å². The number of nitrogens with two attached hydrogens (primary N) is 1. The third-order valence-electron chi connectivity index (χ3n) is 4.35. The SMILES string of the molecule is CCc1cc(C(=O)O)c(=O)n2cc(F)c(N3CCC(N)C3)c(Br)c12. The summed E-state index contributed by atoms with van der Waals surface area (Å²) in [6.07, 6.45) is 2.34. The van der Waals surface area contributed by atoms with E-state index in [1.165, 1.54) is 6.07 Å². The fourth-order valence-corrected chi connectivity index (χ4v) is 4.04. The van der Waals surface area contributed by atoms with E-state index in [9.17, 15) is 19.1 Å². The van der Waals surface area contributed by atoms with E-state index in [4.69, 9.17) is 5.73 Å². The monoisotopic (exact) mass is 397 g/mol. The van der Waals surface area contributed by atoms with E-state index >= 15 is 0 Å². The lowest BCUT2D eigenvalue weighted by Crippen LogP contribution is -2.29. The van der Waals surface area contributed by atoms with Crippen molar-refractivity contribution in [3.63, 3.8) is 0 Å². The van der Waals surface area contributed by atoms with Gasteiger partial charge < -0.3 is 15.7 Å². The van der Waals surface area contributed by atoms with E-state index in [0.717, 1.165) is 17.0 Å². The van der Waals surface area contributed by atoms with Crippen LogP contribution < -0.4 is 16.2 Å². The smallest absolute Gasteiger partial charge is 0.341 e. The first-order valence-corrected chi connectivity index (χ1v) is 8.44. The zero-order valence-corrected chi connectivity index (χ0v) is 14.6. The van der Waals surface area contributed by atoms with Crippen molar-refractivity contribution in [2.24, 2.45) is 5.73 Å². The van der Waals surface area contributed by atoms with Gasteiger partial charge in [-0.25, -0.2) is 9.18 Å². The molecule has 3 N–H and O–H groups in total. The molecular formula is C16H17BrFN3O3. The average Bonchev–Trinajstić information content (AvgIpc) is 2.94. The molecule has 6 nitrogen and oxygen atoms in total. The Bertz CT molecular complexity index is 896. The van der Waals surface area contributed by atoms with Gasteiger partial charge in [0.2, 0.25) is 0 Å². The maximum absolute atomic E-state index is 14.7. The van der Waals surface area contributed by atoms with Crippen molar-refractivity contribution in [2.75, 3.05) is 18.0 Å². The predicted octanol–water partition coefficient (Wildman–Crippen LogP) is 2.00. The molecule has 8 heteroatoms. The second-order valence-electron chi connectivity index (χ2n) is 5.90. The van der Waals surface area contributed by atoms with Gasteiger partial charge in [-0.15, -0.1) is 0 Å². The predicted molar refractivity (Wildman–Crippen MR) is 92.5 cm³/mol. The number of aromatic carboxylic acids is 1. The minimum Gasteiger partial charge on any atom is -0.477 e. The van der Waals surface area contributed by atoms with Crippen LogP contribution in [0.1, 0.15) is 29.3 Å². The van der Waals surface area contributed by atoms with Crippen LogP contribution in [0.25, 0.3) is 5.52 Å². The zero-order valence-electron chi connectivity index (χ0n) is 13.1. The second kappa shape index (κ2) is 6.18. The van der Waals surface area contributed by atoms with Gasteiger partial charge >= 0.3 is 5.97 Å². The van der Waals surface area contributed by atoms with Crippen molar-refractivity contribution in [1.29, 1.82) is 0 Å². The van der Waals surface area contributed by atoms with Crippen LogP contribution in [0, 0.1) is 5.82 Å². The van der Waals surface area contributed by atoms with Gasteiger partial charge in [0.15, 0.2) is 5.82 Å². The normalized spacial score (nSPS) is 17.7. The third-order valence-corrected chi connectivity index (χ3v) is 5.10. The molecule has 1 saturated heterocycles. The first-order chi connectivity index (χ1) is 11.3. The molecule has 0 aliphatic carbocycles. The molecule has 1 unspecified atom stereocenters. The van der Waals surface area contributed by atoms with Crippen LogP contribution in [0.4, 0.5) is 10.1 Å². The summed E-state index contributed by atoms with van der Waals surface area (Å²) in [7, 11) is 0. The topological polar surface area (TPSA) is 88.0 Å². The molecule has 1 atom stereocenters. The van der Waals surface area contributed by atoms with Crippen LogP contribution in [0.5, 0.6) is 0 Å². The summed E-state index contributed by atoms with van der Waals surface area (Å²) < 4.78 is 16.2. The number of hydrogen-bond donors (Lipinski definition) is 2. The van der Waals surface area contributed by atoms with Crippen LogP contribution in [-0.4, -0.2) is 34.6 Å². The number of hydrogen-bond acceptors (Lipinski definition) is 4. The zero-order chi connectivity index (χ0) is 17.6. The van der Waals surface area contributed by atoms with Crippen molar-refractivity contribution >= 4 is 33.1 Å². The number of carboxylic acids is 1. The Morgan fingerprint density at radius 3 is 2.79 bits per heavy atom. The highest BCUT2D eigenvalue weighted by Crippen LogP contribution is 2.36. The van der Waals surface area contributed by atoms with E-state index in [2.05, 4.69) is 15.9 Å². The van der Waals surface area contributed by atoms with E-state index < -0.39 is 17.3 Å². The molecular weight excluding hydrogens is 381 g/mol. The molecule has 1 aliphatic heterocycles. The Hall–Kier alpha value is -1.93. The highest BCUT2D eigenvalue weighted by atomic mass is 79.9. The molecule has 0 aromatic carbocycles. The molecule has 128 valence electrons. The average molecular weight is 398 g/mol. The molecule has 0 amide bonds. The molecule has 24 heavy (non-hydrogen) atoms. The van der Waals surface area contributed by atoms with Crippen molar-refractivity contribution in [3.8, 4) is 0 Å². The lowest BCUT2D eigenvalue weighted by atomic mass is 10.1. The van der Waals surface area contributed by atoms with Crippen LogP contribution in [0.15, 0.2) is 21.5 Å². The highest BCUT2D eigenvalue weighted by molar-refractivity contribution is 9.10. The number of nitrogens with zero attached hydrogens (tertiary/aromatic N) is 2. The maximum Gasteiger partial charge on any atom is 0.341 e. The van der Waals surface area contributed by atoms with Gasteiger partial charge in [-0.05, 0) is 40.4 Å². The number of rotatable bonds is 3. The Morgan fingerprint density at radius 2 is 2.25 bits per heavy atom. The van der Waals surface area contributed by atoms with Gasteiger partial charge in [-0.1, -0.05) is 6.92 Å². The van der Waals surface area contributed by atoms with Gasteiger partial charge in [-0.3, -0.25) is 9.20 Å². The molecule has 1 fully saturated rings. The summed E-state index contributed by atoms with van der Waals surface area (Å²) in [6.45, 7) is 3.02. The summed E-state index contributed by atoms with van der Waals surface area (Å²) in [4.78, 5) is 25.5. The molecule has 0 saturated carbocycles. The lowest BCUT2D eigenvalue weighted by molar-refractivity contribution is 0.0694. The molecule has 0 spiro atoms. The fourth-order valence-electron chi connectivity index (χ4n) is 3.15. The Kier molecular flexibility index (Phi) is 4.35. The van der Waals surface area contributed by atoms with Gasteiger partial charge in [-0.2, -0.15) is 0 Å². The molecule has 1 aliphatic rings. The number of anilines is 1. The van der Waals surface area contributed by atoms with Gasteiger partial charge in [0.05, 0.1) is 21.9 Å². The van der Waals surface area contributed by atoms with E-state index in [1.807, 2.05) is 11.8 Å². The van der Waals surface area contributed by atoms with Crippen molar-refractivity contribution in [2.45, 2.75) is 25.8 Å². The van der Waals surface area contributed by atoms with E-state index in [0.29, 0.717) is 40.8 Å². The number of pyridine rings is 2. The minimum atomic E-state index is -1.32. The lowest BCUT2D eigenvalue weighted by Gasteiger charge is -2.22.